The van der Waals surface area contributed by atoms with Crippen molar-refractivity contribution in [1.82, 2.24) is 15.0 Å². The second-order valence-electron chi connectivity index (χ2n) is 7.95. The molecule has 1 aliphatic heterocycles. The van der Waals surface area contributed by atoms with Crippen molar-refractivity contribution in [2.45, 2.75) is 33.0 Å². The maximum Gasteiger partial charge on any atom is 0.416 e. The van der Waals surface area contributed by atoms with Crippen LogP contribution in [0.2, 0.25) is 0 Å². The average molecular weight is 430 g/mol. The van der Waals surface area contributed by atoms with Crippen LogP contribution in [0.1, 0.15) is 35.5 Å². The summed E-state index contributed by atoms with van der Waals surface area (Å²) in [5.74, 6) is 0.578. The first-order valence-corrected chi connectivity index (χ1v) is 10.3. The van der Waals surface area contributed by atoms with E-state index >= 15 is 0 Å². The summed E-state index contributed by atoms with van der Waals surface area (Å²) in [7, 11) is 0. The van der Waals surface area contributed by atoms with Gasteiger partial charge in [0.2, 0.25) is 11.7 Å². The molecule has 1 aromatic heterocycles. The summed E-state index contributed by atoms with van der Waals surface area (Å²) in [6.45, 7) is 9.66. The smallest absolute Gasteiger partial charge is 0.369 e. The fourth-order valence-corrected chi connectivity index (χ4v) is 3.94. The lowest BCUT2D eigenvalue weighted by molar-refractivity contribution is -0.137. The summed E-state index contributed by atoms with van der Waals surface area (Å²) in [6, 6.07) is 11.2. The molecule has 2 heterocycles. The van der Waals surface area contributed by atoms with Crippen LogP contribution in [0.15, 0.2) is 47.0 Å². The number of anilines is 1. The van der Waals surface area contributed by atoms with Crippen molar-refractivity contribution in [3.05, 3.63) is 65.0 Å². The maximum absolute atomic E-state index is 13.0. The molecule has 0 radical (unpaired) electrons. The van der Waals surface area contributed by atoms with Crippen LogP contribution in [0, 0.1) is 13.8 Å². The number of piperazine rings is 1. The van der Waals surface area contributed by atoms with Crippen molar-refractivity contribution in [3.8, 4) is 11.4 Å². The predicted molar refractivity (Wildman–Crippen MR) is 113 cm³/mol. The summed E-state index contributed by atoms with van der Waals surface area (Å²) in [6.07, 6.45) is -4.41. The first-order valence-electron chi connectivity index (χ1n) is 10.3. The van der Waals surface area contributed by atoms with Gasteiger partial charge in [0.1, 0.15) is 0 Å². The molecule has 1 saturated heterocycles. The van der Waals surface area contributed by atoms with Gasteiger partial charge in [-0.25, -0.2) is 0 Å². The second-order valence-corrected chi connectivity index (χ2v) is 7.95. The summed E-state index contributed by atoms with van der Waals surface area (Å²) in [5.41, 5.74) is 3.40. The molecule has 31 heavy (non-hydrogen) atoms. The third kappa shape index (κ3) is 4.44. The van der Waals surface area contributed by atoms with E-state index in [1.165, 1.54) is 22.9 Å². The Morgan fingerprint density at radius 2 is 1.71 bits per heavy atom. The molecule has 1 aliphatic rings. The van der Waals surface area contributed by atoms with Gasteiger partial charge in [-0.05, 0) is 50.1 Å². The highest BCUT2D eigenvalue weighted by Crippen LogP contribution is 2.32. The highest BCUT2D eigenvalue weighted by Gasteiger charge is 2.31. The van der Waals surface area contributed by atoms with Gasteiger partial charge >= 0.3 is 6.18 Å². The van der Waals surface area contributed by atoms with Crippen molar-refractivity contribution in [1.29, 1.82) is 0 Å². The molecule has 0 unspecified atom stereocenters. The summed E-state index contributed by atoms with van der Waals surface area (Å²) < 4.78 is 44.4. The van der Waals surface area contributed by atoms with Gasteiger partial charge in [0.15, 0.2) is 0 Å². The lowest BCUT2D eigenvalue weighted by atomic mass is 10.1. The van der Waals surface area contributed by atoms with E-state index in [9.17, 15) is 13.2 Å². The Morgan fingerprint density at radius 1 is 1.00 bits per heavy atom. The first kappa shape index (κ1) is 21.4. The Bertz CT molecular complexity index is 1050. The molecule has 2 aromatic carbocycles. The van der Waals surface area contributed by atoms with Crippen molar-refractivity contribution < 1.29 is 17.7 Å². The van der Waals surface area contributed by atoms with E-state index in [1.807, 2.05) is 6.92 Å². The molecule has 0 saturated carbocycles. The highest BCUT2D eigenvalue weighted by atomic mass is 19.4. The zero-order chi connectivity index (χ0) is 22.2. The molecular weight excluding hydrogens is 405 g/mol. The molecule has 164 valence electrons. The number of hydrogen-bond acceptors (Lipinski definition) is 5. The zero-order valence-corrected chi connectivity index (χ0v) is 17.8. The lowest BCUT2D eigenvalue weighted by Gasteiger charge is -2.38. The Hall–Kier alpha value is -2.87. The maximum atomic E-state index is 13.0. The van der Waals surface area contributed by atoms with Crippen molar-refractivity contribution >= 4 is 5.69 Å². The fraction of sp³-hybridized carbons (Fsp3) is 0.391. The standard InChI is InChI=1S/C23H25F3N4O/c1-15-6-4-9-20(16(15)2)30-12-10-29(11-13-30)17(3)22-27-21(28-31-22)18-7-5-8-19(14-18)23(24,25)26/h4-9,14,17H,10-13H2,1-3H3/t17-/m0/s1. The van der Waals surface area contributed by atoms with Gasteiger partial charge in [0.25, 0.3) is 0 Å². The van der Waals surface area contributed by atoms with Gasteiger partial charge < -0.3 is 9.42 Å². The number of halogens is 3. The Labute approximate surface area is 179 Å². The molecule has 5 nitrogen and oxygen atoms in total. The molecule has 0 N–H and O–H groups in total. The molecule has 0 aliphatic carbocycles. The molecule has 1 atom stereocenters. The minimum Gasteiger partial charge on any atom is -0.369 e. The molecule has 0 amide bonds. The van der Waals surface area contributed by atoms with Gasteiger partial charge in [0, 0.05) is 37.4 Å². The minimum atomic E-state index is -4.41. The number of nitrogens with zero attached hydrogens (tertiary/aromatic N) is 4. The number of aromatic nitrogens is 2. The van der Waals surface area contributed by atoms with E-state index in [0.717, 1.165) is 38.3 Å². The minimum absolute atomic E-state index is 0.118. The number of hydrogen-bond donors (Lipinski definition) is 0. The normalized spacial score (nSPS) is 16.5. The quantitative estimate of drug-likeness (QED) is 0.565. The topological polar surface area (TPSA) is 45.4 Å². The summed E-state index contributed by atoms with van der Waals surface area (Å²) >= 11 is 0. The highest BCUT2D eigenvalue weighted by molar-refractivity contribution is 5.57. The SMILES string of the molecule is Cc1cccc(N2CCN([C@@H](C)c3nc(-c4cccc(C(F)(F)F)c4)no3)CC2)c1C. The van der Waals surface area contributed by atoms with Gasteiger partial charge in [0.05, 0.1) is 11.6 Å². The van der Waals surface area contributed by atoms with E-state index in [4.69, 9.17) is 4.52 Å². The predicted octanol–water partition coefficient (Wildman–Crippen LogP) is 5.26. The van der Waals surface area contributed by atoms with E-state index < -0.39 is 11.7 Å². The van der Waals surface area contributed by atoms with Crippen LogP contribution in [-0.2, 0) is 6.18 Å². The van der Waals surface area contributed by atoms with Crippen molar-refractivity contribution in [2.75, 3.05) is 31.1 Å². The second kappa shape index (κ2) is 8.34. The van der Waals surface area contributed by atoms with Crippen LogP contribution in [0.25, 0.3) is 11.4 Å². The average Bonchev–Trinajstić information content (AvgIpc) is 3.25. The van der Waals surface area contributed by atoms with E-state index in [-0.39, 0.29) is 17.4 Å². The molecule has 3 aromatic rings. The van der Waals surface area contributed by atoms with Crippen LogP contribution in [0.5, 0.6) is 0 Å². The van der Waals surface area contributed by atoms with Crippen molar-refractivity contribution in [3.63, 3.8) is 0 Å². The molecule has 8 heteroatoms. The zero-order valence-electron chi connectivity index (χ0n) is 17.8. The van der Waals surface area contributed by atoms with Crippen molar-refractivity contribution in [2.24, 2.45) is 0 Å². The third-order valence-corrected chi connectivity index (χ3v) is 6.03. The van der Waals surface area contributed by atoms with Gasteiger partial charge in [-0.1, -0.05) is 29.4 Å². The monoisotopic (exact) mass is 430 g/mol. The van der Waals surface area contributed by atoms with Crippen LogP contribution < -0.4 is 4.90 Å². The molecular formula is C23H25F3N4O. The summed E-state index contributed by atoms with van der Waals surface area (Å²) in [5, 5.41) is 3.92. The van der Waals surface area contributed by atoms with Crippen LogP contribution in [-0.4, -0.2) is 41.2 Å². The van der Waals surface area contributed by atoms with E-state index in [0.29, 0.717) is 5.89 Å². The van der Waals surface area contributed by atoms with E-state index in [2.05, 4.69) is 52.0 Å². The largest absolute Gasteiger partial charge is 0.416 e. The molecule has 4 rings (SSSR count). The van der Waals surface area contributed by atoms with Gasteiger partial charge in [-0.15, -0.1) is 0 Å². The molecule has 0 spiro atoms. The van der Waals surface area contributed by atoms with Crippen LogP contribution >= 0.6 is 0 Å². The number of rotatable bonds is 4. The number of benzene rings is 2. The Kier molecular flexibility index (Phi) is 5.75. The van der Waals surface area contributed by atoms with Gasteiger partial charge in [-0.3, -0.25) is 4.90 Å². The number of alkyl halides is 3. The van der Waals surface area contributed by atoms with Gasteiger partial charge in [-0.2, -0.15) is 18.2 Å². The fourth-order valence-electron chi connectivity index (χ4n) is 3.94. The first-order chi connectivity index (χ1) is 14.7. The van der Waals surface area contributed by atoms with E-state index in [1.54, 1.807) is 6.07 Å². The lowest BCUT2D eigenvalue weighted by Crippen LogP contribution is -2.47. The number of aryl methyl sites for hydroxylation is 1. The Morgan fingerprint density at radius 3 is 2.42 bits per heavy atom. The van der Waals surface area contributed by atoms with Crippen LogP contribution in [0.3, 0.4) is 0 Å². The Balaban J connectivity index is 1.44. The van der Waals surface area contributed by atoms with Crippen LogP contribution in [0.4, 0.5) is 18.9 Å². The summed E-state index contributed by atoms with van der Waals surface area (Å²) in [4.78, 5) is 9.02. The molecule has 0 bridgehead atoms. The molecule has 1 fully saturated rings. The third-order valence-electron chi connectivity index (χ3n) is 6.03.